The van der Waals surface area contributed by atoms with Gasteiger partial charge in [-0.15, -0.1) is 0 Å². The van der Waals surface area contributed by atoms with E-state index in [0.29, 0.717) is 74.7 Å². The second-order valence-electron chi connectivity index (χ2n) is 23.7. The van der Waals surface area contributed by atoms with E-state index >= 15 is 0 Å². The minimum atomic E-state index is -5.54. The first-order valence-corrected chi connectivity index (χ1v) is 33.2. The molecule has 446 valence electrons. The van der Waals surface area contributed by atoms with E-state index in [4.69, 9.17) is 35.2 Å². The van der Waals surface area contributed by atoms with Crippen molar-refractivity contribution in [1.29, 1.82) is 0 Å². The number of ether oxygens (including phenoxy) is 5. The lowest BCUT2D eigenvalue weighted by molar-refractivity contribution is -0.227. The molecule has 0 aromatic rings. The summed E-state index contributed by atoms with van der Waals surface area (Å²) in [6, 6.07) is 0. The quantitative estimate of drug-likeness (QED) is 0.0211. The Bertz CT molecular complexity index is 1730. The number of hydrogen-bond acceptors (Lipinski definition) is 13. The average molecular weight is 1120 g/mol. The Balaban J connectivity index is 1.21. The number of amides is 1. The Morgan fingerprint density at radius 2 is 1.32 bits per heavy atom. The van der Waals surface area contributed by atoms with Crippen molar-refractivity contribution in [2.45, 2.75) is 212 Å². The fraction of sp³-hybridized carbons (Fsp3) is 0.964. The molecule has 18 nitrogen and oxygen atoms in total. The number of nitrogens with zero attached hydrogens (tertiary/aromatic N) is 1. The molecule has 4 aliphatic rings. The van der Waals surface area contributed by atoms with Gasteiger partial charge in [0.15, 0.2) is 0 Å². The fourth-order valence-electron chi connectivity index (χ4n) is 14.2. The molecule has 1 amide bonds. The predicted octanol–water partition coefficient (Wildman–Crippen LogP) is 8.27. The first-order valence-electron chi connectivity index (χ1n) is 30.0. The largest absolute Gasteiger partial charge is 0.379 e. The maximum Gasteiger partial charge on any atom is 0.369 e. The highest BCUT2D eigenvalue weighted by Gasteiger charge is 2.67. The SMILES string of the molecule is CCCCCN(CCCCC)CCCC(C)[C@H]1CC[C@H]2C3C(OCCCN)CC4CC(OCCCCC(=O)CCOCCOCCC(=O)NCCCC(O)(P(=O)(O)O)P(=O)(O)O)CC[C@]4(C)[C@H]3C[C@H](OCCCN)[C@]12C. The highest BCUT2D eigenvalue weighted by atomic mass is 31.2. The van der Waals surface area contributed by atoms with Crippen molar-refractivity contribution in [2.75, 3.05) is 85.5 Å². The number of nitrogens with two attached hydrogens (primary N) is 2. The summed E-state index contributed by atoms with van der Waals surface area (Å²) in [6.45, 7) is 20.1. The van der Waals surface area contributed by atoms with E-state index in [9.17, 15) is 43.4 Å². The summed E-state index contributed by atoms with van der Waals surface area (Å²) >= 11 is 0. The molecule has 4 aliphatic carbocycles. The van der Waals surface area contributed by atoms with Crippen LogP contribution in [0.3, 0.4) is 0 Å². The predicted molar refractivity (Wildman–Crippen MR) is 297 cm³/mol. The fourth-order valence-corrected chi connectivity index (χ4v) is 16.4. The van der Waals surface area contributed by atoms with Crippen molar-refractivity contribution in [3.63, 3.8) is 0 Å². The molecule has 20 heteroatoms. The van der Waals surface area contributed by atoms with Crippen LogP contribution in [0.25, 0.3) is 0 Å². The lowest BCUT2D eigenvalue weighted by Crippen LogP contribution is -2.63. The highest BCUT2D eigenvalue weighted by molar-refractivity contribution is 7.72. The van der Waals surface area contributed by atoms with Crippen molar-refractivity contribution < 1.29 is 67.1 Å². The van der Waals surface area contributed by atoms with E-state index in [1.165, 1.54) is 83.8 Å². The van der Waals surface area contributed by atoms with Gasteiger partial charge in [0, 0.05) is 57.5 Å². The molecule has 5 unspecified atom stereocenters. The Kier molecular flexibility index (Phi) is 30.1. The van der Waals surface area contributed by atoms with Crippen LogP contribution in [0.5, 0.6) is 0 Å². The third kappa shape index (κ3) is 19.6. The lowest BCUT2D eigenvalue weighted by Gasteiger charge is -2.65. The van der Waals surface area contributed by atoms with Crippen molar-refractivity contribution in [2.24, 2.45) is 57.8 Å². The Morgan fingerprint density at radius 3 is 1.95 bits per heavy atom. The van der Waals surface area contributed by atoms with Crippen LogP contribution in [-0.4, -0.2) is 150 Å². The minimum Gasteiger partial charge on any atom is -0.379 e. The van der Waals surface area contributed by atoms with E-state index < -0.39 is 32.6 Å². The molecule has 0 spiro atoms. The highest BCUT2D eigenvalue weighted by Crippen LogP contribution is 2.70. The standard InChI is InChI=1S/C56H108N4O14P2/c1-6-8-11-30-60(31-12-9-7-2)32-14-18-43(3)47-20-21-48-53-49(42-51(55(47,48)5)74-35-17-28-58)54(4)26-22-46(40-44(54)41-50(53)73-34-16-27-57)72-33-13-10-19-45(61)23-36-70-38-39-71-37-24-52(62)59-29-15-25-56(63,75(64,65)66)76(67,68)69/h43-44,46-51,53,63H,6-42,57-58H2,1-5H3,(H,59,62)(H2,64,65,66)(H2,67,68,69)/t43?,44?,46?,47-,48+,49+,50?,51+,53?,54+,55-/m1/s1. The number of unbranched alkanes of at least 4 members (excludes halogenated alkanes) is 5. The second-order valence-corrected chi connectivity index (χ2v) is 27.8. The van der Waals surface area contributed by atoms with Gasteiger partial charge >= 0.3 is 15.2 Å². The first-order chi connectivity index (χ1) is 36.2. The maximum atomic E-state index is 12.7. The van der Waals surface area contributed by atoms with Crippen LogP contribution in [0.4, 0.5) is 0 Å². The molecule has 0 aromatic carbocycles. The minimum absolute atomic E-state index is 0.0270. The summed E-state index contributed by atoms with van der Waals surface area (Å²) in [4.78, 5) is 64.3. The number of fused-ring (bicyclic) bond motifs is 5. The Morgan fingerprint density at radius 1 is 0.697 bits per heavy atom. The van der Waals surface area contributed by atoms with E-state index in [0.717, 1.165) is 64.4 Å². The molecule has 0 aliphatic heterocycles. The number of carbonyl (C=O) groups is 2. The molecule has 4 fully saturated rings. The van der Waals surface area contributed by atoms with Gasteiger partial charge in [0.2, 0.25) is 5.91 Å². The lowest BCUT2D eigenvalue weighted by atomic mass is 9.43. The molecule has 0 radical (unpaired) electrons. The number of hydrogen-bond donors (Lipinski definition) is 8. The number of Topliss-reactive ketones (excluding diaryl/α,β-unsaturated/α-hetero) is 1. The Labute approximate surface area is 458 Å². The second kappa shape index (κ2) is 33.9. The molecular weight excluding hydrogens is 1010 g/mol. The normalized spacial score (nSPS) is 28.3. The van der Waals surface area contributed by atoms with Crippen molar-refractivity contribution >= 4 is 26.9 Å². The molecule has 4 saturated carbocycles. The van der Waals surface area contributed by atoms with Crippen molar-refractivity contribution in [3.05, 3.63) is 0 Å². The molecule has 76 heavy (non-hydrogen) atoms. The molecule has 0 heterocycles. The van der Waals surface area contributed by atoms with Gasteiger partial charge < -0.3 is 70.0 Å². The molecule has 0 bridgehead atoms. The van der Waals surface area contributed by atoms with Gasteiger partial charge in [0.25, 0.3) is 5.08 Å². The van der Waals surface area contributed by atoms with Gasteiger partial charge in [-0.05, 0) is 176 Å². The molecule has 10 N–H and O–H groups in total. The van der Waals surface area contributed by atoms with Gasteiger partial charge in [0.05, 0.1) is 44.7 Å². The summed E-state index contributed by atoms with van der Waals surface area (Å²) in [6.07, 6.45) is 21.8. The van der Waals surface area contributed by atoms with Gasteiger partial charge in [-0.1, -0.05) is 60.3 Å². The topological polar surface area (TPSA) is 283 Å². The first kappa shape index (κ1) is 67.6. The molecule has 0 saturated heterocycles. The third-order valence-corrected chi connectivity index (χ3v) is 22.5. The van der Waals surface area contributed by atoms with E-state index in [1.54, 1.807) is 0 Å². The summed E-state index contributed by atoms with van der Waals surface area (Å²) < 4.78 is 54.7. The Hall–Kier alpha value is -0.920. The average Bonchev–Trinajstić information content (AvgIpc) is 3.78. The summed E-state index contributed by atoms with van der Waals surface area (Å²) in [5, 5.41) is 8.87. The number of ketones is 1. The molecule has 11 atom stereocenters. The number of aliphatic hydroxyl groups is 1. The van der Waals surface area contributed by atoms with E-state index in [-0.39, 0.29) is 80.7 Å². The number of carbonyl (C=O) groups excluding carboxylic acids is 2. The van der Waals surface area contributed by atoms with E-state index in [2.05, 4.69) is 44.8 Å². The van der Waals surface area contributed by atoms with Gasteiger partial charge in [0.1, 0.15) is 5.78 Å². The van der Waals surface area contributed by atoms with Crippen LogP contribution in [-0.2, 0) is 42.4 Å². The van der Waals surface area contributed by atoms with Gasteiger partial charge in [-0.2, -0.15) is 0 Å². The molecule has 4 rings (SSSR count). The van der Waals surface area contributed by atoms with Crippen LogP contribution in [0.2, 0.25) is 0 Å². The van der Waals surface area contributed by atoms with Gasteiger partial charge in [-0.3, -0.25) is 18.7 Å². The number of rotatable bonds is 42. The van der Waals surface area contributed by atoms with Gasteiger partial charge in [-0.25, -0.2) is 0 Å². The third-order valence-electron chi connectivity index (χ3n) is 18.6. The zero-order chi connectivity index (χ0) is 55.8. The summed E-state index contributed by atoms with van der Waals surface area (Å²) in [5.41, 5.74) is 12.4. The summed E-state index contributed by atoms with van der Waals surface area (Å²) in [7, 11) is -11.1. The van der Waals surface area contributed by atoms with Crippen LogP contribution in [0.1, 0.15) is 189 Å². The summed E-state index contributed by atoms with van der Waals surface area (Å²) in [5.74, 6) is 3.06. The zero-order valence-electron chi connectivity index (χ0n) is 47.8. The smallest absolute Gasteiger partial charge is 0.369 e. The monoisotopic (exact) mass is 1120 g/mol. The zero-order valence-corrected chi connectivity index (χ0v) is 49.6. The van der Waals surface area contributed by atoms with Crippen LogP contribution >= 0.6 is 15.2 Å². The maximum absolute atomic E-state index is 12.7. The van der Waals surface area contributed by atoms with Crippen molar-refractivity contribution in [1.82, 2.24) is 10.2 Å². The van der Waals surface area contributed by atoms with E-state index in [1.807, 2.05) is 0 Å². The molecular formula is C56H108N4O14P2. The van der Waals surface area contributed by atoms with Crippen LogP contribution < -0.4 is 16.8 Å². The van der Waals surface area contributed by atoms with Crippen LogP contribution in [0, 0.1) is 46.3 Å². The van der Waals surface area contributed by atoms with Crippen LogP contribution in [0.15, 0.2) is 0 Å². The molecule has 0 aromatic heterocycles. The van der Waals surface area contributed by atoms with Crippen molar-refractivity contribution in [3.8, 4) is 0 Å². The number of nitrogens with one attached hydrogen (secondary N) is 1.